The number of sulfone groups is 1. The van der Waals surface area contributed by atoms with E-state index in [0.29, 0.717) is 12.5 Å². The predicted octanol–water partition coefficient (Wildman–Crippen LogP) is 0.545. The quantitative estimate of drug-likeness (QED) is 0.616. The molecule has 0 aliphatic heterocycles. The summed E-state index contributed by atoms with van der Waals surface area (Å²) in [5.41, 5.74) is 0. The highest BCUT2D eigenvalue weighted by molar-refractivity contribution is 7.91. The van der Waals surface area contributed by atoms with Crippen molar-refractivity contribution in [2.24, 2.45) is 0 Å². The number of hydrogen-bond donors (Lipinski definition) is 2. The molecule has 64 valence electrons. The smallest absolute Gasteiger partial charge is 0.157 e. The molecule has 0 unspecified atom stereocenters. The Balaban J connectivity index is 4.02. The molecule has 0 aromatic carbocycles. The van der Waals surface area contributed by atoms with E-state index < -0.39 is 9.84 Å². The van der Waals surface area contributed by atoms with Gasteiger partial charge in [-0.1, -0.05) is 0 Å². The zero-order valence-corrected chi connectivity index (χ0v) is 6.66. The maximum Gasteiger partial charge on any atom is 0.157 e. The minimum atomic E-state index is -3.20. The van der Waals surface area contributed by atoms with Crippen LogP contribution in [0, 0.1) is 0 Å². The topological polar surface area (TPSA) is 74.6 Å². The van der Waals surface area contributed by atoms with E-state index in [1.54, 1.807) is 0 Å². The molecule has 2 N–H and O–H groups in total. The average Bonchev–Trinajstić information content (AvgIpc) is 1.97. The molecular weight excluding hydrogens is 168 g/mol. The van der Waals surface area contributed by atoms with Crippen LogP contribution in [0.15, 0.2) is 24.7 Å². The zero-order valence-electron chi connectivity index (χ0n) is 5.84. The van der Waals surface area contributed by atoms with Gasteiger partial charge in [-0.15, -0.1) is 0 Å². The normalized spacial score (nSPS) is 13.1. The fraction of sp³-hybridized carbons (Fsp3) is 0.333. The van der Waals surface area contributed by atoms with Gasteiger partial charge in [0.2, 0.25) is 0 Å². The summed E-state index contributed by atoms with van der Waals surface area (Å²) in [6, 6.07) is 0. The highest BCUT2D eigenvalue weighted by Gasteiger charge is 2.04. The van der Waals surface area contributed by atoms with Gasteiger partial charge < -0.3 is 10.2 Å². The van der Waals surface area contributed by atoms with E-state index in [2.05, 4.69) is 0 Å². The van der Waals surface area contributed by atoms with Crippen LogP contribution in [0.3, 0.4) is 0 Å². The zero-order chi connectivity index (χ0) is 8.74. The highest BCUT2D eigenvalue weighted by Crippen LogP contribution is 1.91. The molecule has 0 atom stereocenters. The summed E-state index contributed by atoms with van der Waals surface area (Å²) in [6.07, 6.45) is 3.61. The van der Waals surface area contributed by atoms with Crippen LogP contribution in [0.1, 0.15) is 0 Å². The van der Waals surface area contributed by atoms with E-state index in [4.69, 9.17) is 10.2 Å². The molecule has 0 bridgehead atoms. The van der Waals surface area contributed by atoms with E-state index in [1.165, 1.54) is 0 Å². The van der Waals surface area contributed by atoms with E-state index in [1.807, 2.05) is 0 Å². The van der Waals surface area contributed by atoms with E-state index in [9.17, 15) is 8.42 Å². The van der Waals surface area contributed by atoms with Gasteiger partial charge in [0.1, 0.15) is 0 Å². The van der Waals surface area contributed by atoms with Gasteiger partial charge in [0.25, 0.3) is 0 Å². The van der Waals surface area contributed by atoms with Crippen LogP contribution in [0.25, 0.3) is 0 Å². The molecule has 0 aliphatic carbocycles. The van der Waals surface area contributed by atoms with Crippen LogP contribution in [-0.2, 0) is 9.84 Å². The summed E-state index contributed by atoms with van der Waals surface area (Å²) in [6.45, 7) is 0. The summed E-state index contributed by atoms with van der Waals surface area (Å²) >= 11 is 0. The summed E-state index contributed by atoms with van der Waals surface area (Å²) in [5.74, 6) is -0.429. The first kappa shape index (κ1) is 10.0. The minimum absolute atomic E-state index is 0.214. The van der Waals surface area contributed by atoms with E-state index >= 15 is 0 Å². The van der Waals surface area contributed by atoms with Gasteiger partial charge >= 0.3 is 0 Å². The fourth-order valence-electron chi connectivity index (χ4n) is 0.447. The molecule has 0 saturated heterocycles. The molecule has 0 amide bonds. The van der Waals surface area contributed by atoms with Crippen LogP contribution in [0.4, 0.5) is 0 Å². The van der Waals surface area contributed by atoms with Crippen LogP contribution in [0.5, 0.6) is 0 Å². The van der Waals surface area contributed by atoms with Crippen LogP contribution >= 0.6 is 0 Å². The van der Waals surface area contributed by atoms with Crippen LogP contribution in [0.2, 0.25) is 0 Å². The summed E-state index contributed by atoms with van der Waals surface area (Å²) in [7, 11) is -3.20. The van der Waals surface area contributed by atoms with Crippen molar-refractivity contribution >= 4 is 9.84 Å². The van der Waals surface area contributed by atoms with Gasteiger partial charge in [0.15, 0.2) is 9.84 Å². The molecule has 0 fully saturated rings. The van der Waals surface area contributed by atoms with Gasteiger partial charge in [-0.2, -0.15) is 0 Å². The minimum Gasteiger partial charge on any atom is -0.516 e. The van der Waals surface area contributed by atoms with Gasteiger partial charge in [0.05, 0.1) is 24.0 Å². The first-order valence-electron chi connectivity index (χ1n) is 2.91. The molecule has 0 aromatic heterocycles. The Morgan fingerprint density at radius 1 is 1.00 bits per heavy atom. The Labute approximate surface area is 65.4 Å². The molecule has 0 rings (SSSR count). The number of aliphatic hydroxyl groups is 2. The lowest BCUT2D eigenvalue weighted by Crippen LogP contribution is -2.07. The Hall–Kier alpha value is -0.970. The SMILES string of the molecule is O=S(=O)(CC=CO)CC=CO. The molecule has 4 nitrogen and oxygen atoms in total. The standard InChI is InChI=1S/C6H10O4S/c7-3-1-5-11(9,10)6-2-4-8/h1-4,7-8H,5-6H2. The van der Waals surface area contributed by atoms with Gasteiger partial charge in [-0.05, 0) is 12.2 Å². The van der Waals surface area contributed by atoms with Crippen LogP contribution < -0.4 is 0 Å². The first-order valence-corrected chi connectivity index (χ1v) is 4.73. The molecule has 0 spiro atoms. The lowest BCUT2D eigenvalue weighted by Gasteiger charge is -1.93. The molecule has 0 aliphatic rings. The van der Waals surface area contributed by atoms with Crippen molar-refractivity contribution in [3.63, 3.8) is 0 Å². The average molecular weight is 178 g/mol. The lowest BCUT2D eigenvalue weighted by molar-refractivity contribution is 0.472. The van der Waals surface area contributed by atoms with Crippen molar-refractivity contribution in [1.82, 2.24) is 0 Å². The van der Waals surface area contributed by atoms with Crippen molar-refractivity contribution in [3.8, 4) is 0 Å². The molecule has 0 aromatic rings. The Morgan fingerprint density at radius 3 is 1.64 bits per heavy atom. The first-order chi connectivity index (χ1) is 5.12. The summed E-state index contributed by atoms with van der Waals surface area (Å²) in [5, 5.41) is 16.3. The molecule has 0 radical (unpaired) electrons. The molecule has 0 saturated carbocycles. The lowest BCUT2D eigenvalue weighted by atomic mass is 10.7. The van der Waals surface area contributed by atoms with E-state index in [-0.39, 0.29) is 11.5 Å². The summed E-state index contributed by atoms with van der Waals surface area (Å²) in [4.78, 5) is 0. The Bertz CT molecular complexity index is 217. The largest absolute Gasteiger partial charge is 0.516 e. The number of aliphatic hydroxyl groups excluding tert-OH is 2. The van der Waals surface area contributed by atoms with E-state index in [0.717, 1.165) is 12.2 Å². The van der Waals surface area contributed by atoms with Crippen molar-refractivity contribution in [2.45, 2.75) is 0 Å². The Morgan fingerprint density at radius 2 is 1.36 bits per heavy atom. The van der Waals surface area contributed by atoms with Crippen molar-refractivity contribution in [3.05, 3.63) is 24.7 Å². The second-order valence-electron chi connectivity index (χ2n) is 1.85. The second kappa shape index (κ2) is 4.79. The van der Waals surface area contributed by atoms with Crippen LogP contribution in [-0.4, -0.2) is 30.1 Å². The number of hydrogen-bond acceptors (Lipinski definition) is 4. The van der Waals surface area contributed by atoms with Gasteiger partial charge in [-0.25, -0.2) is 8.42 Å². The number of rotatable bonds is 4. The highest BCUT2D eigenvalue weighted by atomic mass is 32.2. The molecule has 11 heavy (non-hydrogen) atoms. The summed E-state index contributed by atoms with van der Waals surface area (Å²) < 4.78 is 21.6. The van der Waals surface area contributed by atoms with Gasteiger partial charge in [-0.3, -0.25) is 0 Å². The Kier molecular flexibility index (Phi) is 4.36. The predicted molar refractivity (Wildman–Crippen MR) is 42.2 cm³/mol. The fourth-order valence-corrected chi connectivity index (χ4v) is 1.34. The van der Waals surface area contributed by atoms with Crippen molar-refractivity contribution in [2.75, 3.05) is 11.5 Å². The van der Waals surface area contributed by atoms with Crippen molar-refractivity contribution < 1.29 is 18.6 Å². The third-order valence-corrected chi connectivity index (χ3v) is 2.31. The maximum absolute atomic E-state index is 10.8. The third-order valence-electron chi connectivity index (χ3n) is 0.911. The van der Waals surface area contributed by atoms with Crippen molar-refractivity contribution in [1.29, 1.82) is 0 Å². The maximum atomic E-state index is 10.8. The molecule has 0 heterocycles. The monoisotopic (exact) mass is 178 g/mol. The molecule has 5 heteroatoms. The second-order valence-corrected chi connectivity index (χ2v) is 4.00. The van der Waals surface area contributed by atoms with Gasteiger partial charge in [0, 0.05) is 0 Å². The molecular formula is C6H10O4S. The third kappa shape index (κ3) is 5.47.